The van der Waals surface area contributed by atoms with E-state index in [1.54, 1.807) is 0 Å². The van der Waals surface area contributed by atoms with E-state index in [4.69, 9.17) is 5.11 Å². The summed E-state index contributed by atoms with van der Waals surface area (Å²) in [5, 5.41) is 8.88. The quantitative estimate of drug-likeness (QED) is 0.903. The zero-order chi connectivity index (χ0) is 15.4. The summed E-state index contributed by atoms with van der Waals surface area (Å²) < 4.78 is 25.9. The number of carboxylic acid groups (broad SMARTS) is 1. The van der Waals surface area contributed by atoms with Crippen molar-refractivity contribution in [2.75, 3.05) is 7.05 Å². The maximum absolute atomic E-state index is 13.1. The number of carbonyl (C=O) groups excluding carboxylic acids is 1. The van der Waals surface area contributed by atoms with Crippen LogP contribution in [0.4, 0.5) is 8.78 Å². The first-order valence-corrected chi connectivity index (χ1v) is 6.15. The second kappa shape index (κ2) is 6.45. The van der Waals surface area contributed by atoms with Gasteiger partial charge in [0.15, 0.2) is 11.6 Å². The fourth-order valence-corrected chi connectivity index (χ4v) is 1.77. The third kappa shape index (κ3) is 3.76. The molecule has 1 amide bonds. The maximum atomic E-state index is 13.1. The predicted octanol–water partition coefficient (Wildman–Crippen LogP) is 2.28. The first kappa shape index (κ1) is 16.1. The minimum atomic E-state index is -1.05. The van der Waals surface area contributed by atoms with Gasteiger partial charge in [-0.3, -0.25) is 9.59 Å². The van der Waals surface area contributed by atoms with Crippen molar-refractivity contribution in [1.82, 2.24) is 4.90 Å². The number of amides is 1. The number of hydrogen-bond acceptors (Lipinski definition) is 2. The van der Waals surface area contributed by atoms with Gasteiger partial charge >= 0.3 is 5.97 Å². The summed E-state index contributed by atoms with van der Waals surface area (Å²) in [5.74, 6) is -4.83. The monoisotopic (exact) mass is 285 g/mol. The van der Waals surface area contributed by atoms with Gasteiger partial charge in [0.2, 0.25) is 5.91 Å². The third-order valence-electron chi connectivity index (χ3n) is 3.31. The Hall–Kier alpha value is -1.98. The fraction of sp³-hybridized carbons (Fsp3) is 0.429. The van der Waals surface area contributed by atoms with E-state index in [0.29, 0.717) is 5.56 Å². The lowest BCUT2D eigenvalue weighted by molar-refractivity contribution is -0.148. The van der Waals surface area contributed by atoms with E-state index in [1.807, 2.05) is 0 Å². The molecule has 1 aromatic carbocycles. The van der Waals surface area contributed by atoms with Crippen LogP contribution >= 0.6 is 0 Å². The Balaban J connectivity index is 2.75. The average molecular weight is 285 g/mol. The first-order chi connectivity index (χ1) is 9.23. The Kier molecular flexibility index (Phi) is 5.19. The van der Waals surface area contributed by atoms with Crippen molar-refractivity contribution in [3.05, 3.63) is 35.4 Å². The van der Waals surface area contributed by atoms with Gasteiger partial charge in [0, 0.05) is 19.5 Å². The van der Waals surface area contributed by atoms with Crippen LogP contribution in [0.2, 0.25) is 0 Å². The molecule has 0 aliphatic heterocycles. The molecule has 1 rings (SSSR count). The Morgan fingerprint density at radius 1 is 1.20 bits per heavy atom. The molecule has 20 heavy (non-hydrogen) atoms. The molecule has 2 unspecified atom stereocenters. The van der Waals surface area contributed by atoms with Gasteiger partial charge in [0.1, 0.15) is 0 Å². The third-order valence-corrected chi connectivity index (χ3v) is 3.31. The number of nitrogens with zero attached hydrogens (tertiary/aromatic N) is 1. The van der Waals surface area contributed by atoms with Gasteiger partial charge in [-0.25, -0.2) is 8.78 Å². The van der Waals surface area contributed by atoms with E-state index in [2.05, 4.69) is 0 Å². The highest BCUT2D eigenvalue weighted by molar-refractivity contribution is 5.84. The molecule has 0 aromatic heterocycles. The summed E-state index contributed by atoms with van der Waals surface area (Å²) in [4.78, 5) is 24.2. The van der Waals surface area contributed by atoms with Crippen molar-refractivity contribution in [2.24, 2.45) is 11.8 Å². The largest absolute Gasteiger partial charge is 0.481 e. The van der Waals surface area contributed by atoms with Crippen molar-refractivity contribution in [3.8, 4) is 0 Å². The first-order valence-electron chi connectivity index (χ1n) is 6.15. The molecule has 0 saturated carbocycles. The Morgan fingerprint density at radius 3 is 2.30 bits per heavy atom. The van der Waals surface area contributed by atoms with E-state index in [-0.39, 0.29) is 12.5 Å². The zero-order valence-corrected chi connectivity index (χ0v) is 11.6. The SMILES string of the molecule is CC(C(=O)O)C(C)C(=O)N(C)Cc1ccc(F)c(F)c1. The molecule has 0 spiro atoms. The average Bonchev–Trinajstić information content (AvgIpc) is 2.40. The Morgan fingerprint density at radius 2 is 1.80 bits per heavy atom. The second-order valence-electron chi connectivity index (χ2n) is 4.86. The molecule has 0 aliphatic carbocycles. The normalized spacial score (nSPS) is 13.7. The van der Waals surface area contributed by atoms with Crippen LogP contribution in [-0.4, -0.2) is 28.9 Å². The summed E-state index contributed by atoms with van der Waals surface area (Å²) >= 11 is 0. The summed E-state index contributed by atoms with van der Waals surface area (Å²) in [7, 11) is 1.49. The lowest BCUT2D eigenvalue weighted by Crippen LogP contribution is -2.36. The van der Waals surface area contributed by atoms with Crippen LogP contribution in [0.5, 0.6) is 0 Å². The highest BCUT2D eigenvalue weighted by Gasteiger charge is 2.28. The van der Waals surface area contributed by atoms with E-state index >= 15 is 0 Å². The lowest BCUT2D eigenvalue weighted by atomic mass is 9.95. The molecule has 0 bridgehead atoms. The Labute approximate surface area is 116 Å². The maximum Gasteiger partial charge on any atom is 0.307 e. The van der Waals surface area contributed by atoms with Crippen LogP contribution in [0.25, 0.3) is 0 Å². The molecule has 1 N–H and O–H groups in total. The van der Waals surface area contributed by atoms with Gasteiger partial charge in [-0.2, -0.15) is 0 Å². The van der Waals surface area contributed by atoms with E-state index in [1.165, 1.54) is 31.9 Å². The van der Waals surface area contributed by atoms with Crippen LogP contribution in [0.15, 0.2) is 18.2 Å². The van der Waals surface area contributed by atoms with Crippen LogP contribution < -0.4 is 0 Å². The molecule has 4 nitrogen and oxygen atoms in total. The van der Waals surface area contributed by atoms with Gasteiger partial charge in [-0.1, -0.05) is 19.9 Å². The zero-order valence-electron chi connectivity index (χ0n) is 11.6. The fourth-order valence-electron chi connectivity index (χ4n) is 1.77. The summed E-state index contributed by atoms with van der Waals surface area (Å²) in [6.45, 7) is 3.08. The number of carbonyl (C=O) groups is 2. The topological polar surface area (TPSA) is 57.6 Å². The molecule has 110 valence electrons. The molecule has 2 atom stereocenters. The van der Waals surface area contributed by atoms with E-state index < -0.39 is 29.4 Å². The van der Waals surface area contributed by atoms with E-state index in [0.717, 1.165) is 12.1 Å². The standard InChI is InChI=1S/C14H17F2NO3/c1-8(9(2)14(19)20)13(18)17(3)7-10-4-5-11(15)12(16)6-10/h4-6,8-9H,7H2,1-3H3,(H,19,20). The highest BCUT2D eigenvalue weighted by atomic mass is 19.2. The van der Waals surface area contributed by atoms with Gasteiger partial charge in [-0.15, -0.1) is 0 Å². The number of aliphatic carboxylic acids is 1. The number of rotatable bonds is 5. The second-order valence-corrected chi connectivity index (χ2v) is 4.86. The number of halogens is 2. The molecular formula is C14H17F2NO3. The van der Waals surface area contributed by atoms with Crippen molar-refractivity contribution >= 4 is 11.9 Å². The summed E-state index contributed by atoms with van der Waals surface area (Å²) in [6, 6.07) is 3.39. The minimum absolute atomic E-state index is 0.0900. The molecular weight excluding hydrogens is 268 g/mol. The molecule has 0 radical (unpaired) electrons. The van der Waals surface area contributed by atoms with Crippen molar-refractivity contribution in [1.29, 1.82) is 0 Å². The minimum Gasteiger partial charge on any atom is -0.481 e. The molecule has 0 fully saturated rings. The molecule has 0 heterocycles. The highest BCUT2D eigenvalue weighted by Crippen LogP contribution is 2.16. The van der Waals surface area contributed by atoms with Crippen molar-refractivity contribution in [3.63, 3.8) is 0 Å². The number of carboxylic acids is 1. The van der Waals surface area contributed by atoms with Gasteiger partial charge in [0.25, 0.3) is 0 Å². The lowest BCUT2D eigenvalue weighted by Gasteiger charge is -2.23. The van der Waals surface area contributed by atoms with E-state index in [9.17, 15) is 18.4 Å². The van der Waals surface area contributed by atoms with Crippen molar-refractivity contribution in [2.45, 2.75) is 20.4 Å². The number of hydrogen-bond donors (Lipinski definition) is 1. The van der Waals surface area contributed by atoms with Crippen LogP contribution in [0.1, 0.15) is 19.4 Å². The predicted molar refractivity (Wildman–Crippen MR) is 68.8 cm³/mol. The van der Waals surface area contributed by atoms with Gasteiger partial charge in [-0.05, 0) is 17.7 Å². The van der Waals surface area contributed by atoms with Gasteiger partial charge in [0.05, 0.1) is 5.92 Å². The summed E-state index contributed by atoms with van der Waals surface area (Å²) in [5.41, 5.74) is 0.440. The summed E-state index contributed by atoms with van der Waals surface area (Å²) in [6.07, 6.45) is 0. The van der Waals surface area contributed by atoms with Gasteiger partial charge < -0.3 is 10.0 Å². The van der Waals surface area contributed by atoms with Crippen LogP contribution in [-0.2, 0) is 16.1 Å². The smallest absolute Gasteiger partial charge is 0.307 e. The molecule has 0 saturated heterocycles. The molecule has 6 heteroatoms. The van der Waals surface area contributed by atoms with Crippen molar-refractivity contribution < 1.29 is 23.5 Å². The Bertz CT molecular complexity index is 519. The number of benzene rings is 1. The molecule has 1 aromatic rings. The molecule has 0 aliphatic rings. The van der Waals surface area contributed by atoms with Crippen LogP contribution in [0, 0.1) is 23.5 Å². The van der Waals surface area contributed by atoms with Crippen LogP contribution in [0.3, 0.4) is 0 Å².